The van der Waals surface area contributed by atoms with Gasteiger partial charge in [-0.05, 0) is 51.8 Å². The van der Waals surface area contributed by atoms with Crippen molar-refractivity contribution in [2.75, 3.05) is 5.32 Å². The van der Waals surface area contributed by atoms with E-state index in [1.54, 1.807) is 6.07 Å². The molecule has 1 aliphatic heterocycles. The Labute approximate surface area is 149 Å². The average molecular weight is 363 g/mol. The third-order valence-electron chi connectivity index (χ3n) is 4.26. The normalized spacial score (nSPS) is 18.0. The van der Waals surface area contributed by atoms with Crippen molar-refractivity contribution in [2.24, 2.45) is 0 Å². The molecule has 1 aliphatic carbocycles. The van der Waals surface area contributed by atoms with Crippen LogP contribution in [0.5, 0.6) is 11.5 Å². The van der Waals surface area contributed by atoms with Gasteiger partial charge in [-0.15, -0.1) is 8.78 Å². The van der Waals surface area contributed by atoms with E-state index in [0.717, 1.165) is 18.5 Å². The number of nitrogens with one attached hydrogen (secondary N) is 1. The van der Waals surface area contributed by atoms with E-state index in [9.17, 15) is 13.6 Å². The first-order chi connectivity index (χ1) is 12.1. The molecule has 2 aromatic rings. The highest BCUT2D eigenvalue weighted by Gasteiger charge is 2.43. The van der Waals surface area contributed by atoms with Crippen LogP contribution in [0.4, 0.5) is 14.5 Å². The van der Waals surface area contributed by atoms with E-state index in [4.69, 9.17) is 0 Å². The van der Waals surface area contributed by atoms with Gasteiger partial charge in [-0.1, -0.05) is 0 Å². The standard InChI is InChI=1S/C18H19F2N3O3/c1-17(2,3)23-13(10-4-5-10)9-12(22-23)16(24)21-11-6-7-14-15(8-11)26-18(19,20)25-14/h6-10H,4-5H2,1-3H3,(H,21,24). The lowest BCUT2D eigenvalue weighted by atomic mass is 10.1. The molecule has 2 heterocycles. The molecule has 1 aromatic heterocycles. The number of amides is 1. The van der Waals surface area contributed by atoms with E-state index in [0.29, 0.717) is 17.3 Å². The summed E-state index contributed by atoms with van der Waals surface area (Å²) in [5, 5.41) is 7.13. The second kappa shape index (κ2) is 5.43. The first-order valence-electron chi connectivity index (χ1n) is 8.44. The molecule has 26 heavy (non-hydrogen) atoms. The Morgan fingerprint density at radius 1 is 1.23 bits per heavy atom. The molecule has 1 aromatic carbocycles. The van der Waals surface area contributed by atoms with Gasteiger partial charge in [0.05, 0.1) is 5.54 Å². The average Bonchev–Trinajstić information content (AvgIpc) is 3.17. The molecule has 138 valence electrons. The molecule has 0 bridgehead atoms. The molecule has 4 rings (SSSR count). The Balaban J connectivity index is 1.56. The van der Waals surface area contributed by atoms with E-state index in [1.165, 1.54) is 18.2 Å². The zero-order valence-electron chi connectivity index (χ0n) is 14.7. The lowest BCUT2D eigenvalue weighted by Crippen LogP contribution is -2.26. The van der Waals surface area contributed by atoms with Gasteiger partial charge in [0.2, 0.25) is 0 Å². The fraction of sp³-hybridized carbons (Fsp3) is 0.444. The van der Waals surface area contributed by atoms with Crippen LogP contribution in [0.1, 0.15) is 55.7 Å². The van der Waals surface area contributed by atoms with E-state index in [2.05, 4.69) is 19.9 Å². The molecule has 0 unspecified atom stereocenters. The SMILES string of the molecule is CC(C)(C)n1nc(C(=O)Nc2ccc3c(c2)OC(F)(F)O3)cc1C1CC1. The van der Waals surface area contributed by atoms with E-state index < -0.39 is 12.2 Å². The van der Waals surface area contributed by atoms with Crippen LogP contribution < -0.4 is 14.8 Å². The maximum atomic E-state index is 13.1. The minimum atomic E-state index is -3.68. The smallest absolute Gasteiger partial charge is 0.395 e. The van der Waals surface area contributed by atoms with Crippen LogP contribution in [0, 0.1) is 0 Å². The highest BCUT2D eigenvalue weighted by atomic mass is 19.3. The summed E-state index contributed by atoms with van der Waals surface area (Å²) in [5.74, 6) is -0.149. The number of nitrogens with zero attached hydrogens (tertiary/aromatic N) is 2. The zero-order valence-corrected chi connectivity index (χ0v) is 14.7. The maximum absolute atomic E-state index is 13.1. The number of hydrogen-bond acceptors (Lipinski definition) is 4. The molecule has 0 atom stereocenters. The molecule has 1 N–H and O–H groups in total. The van der Waals surface area contributed by atoms with Crippen LogP contribution in [-0.2, 0) is 5.54 Å². The predicted octanol–water partition coefficient (Wildman–Crippen LogP) is 4.09. The number of alkyl halides is 2. The van der Waals surface area contributed by atoms with Gasteiger partial charge in [-0.25, -0.2) is 0 Å². The van der Waals surface area contributed by atoms with Gasteiger partial charge in [-0.2, -0.15) is 5.10 Å². The zero-order chi connectivity index (χ0) is 18.7. The van der Waals surface area contributed by atoms with Crippen LogP contribution in [-0.4, -0.2) is 22.0 Å². The number of aromatic nitrogens is 2. The Bertz CT molecular complexity index is 882. The molecule has 1 amide bonds. The quantitative estimate of drug-likeness (QED) is 0.892. The second-order valence-electron chi connectivity index (χ2n) is 7.59. The first-order valence-corrected chi connectivity index (χ1v) is 8.44. The minimum absolute atomic E-state index is 0.0685. The van der Waals surface area contributed by atoms with E-state index in [1.807, 2.05) is 25.5 Å². The van der Waals surface area contributed by atoms with Crippen molar-refractivity contribution in [1.82, 2.24) is 9.78 Å². The van der Waals surface area contributed by atoms with Gasteiger partial charge < -0.3 is 14.8 Å². The van der Waals surface area contributed by atoms with Crippen molar-refractivity contribution >= 4 is 11.6 Å². The third kappa shape index (κ3) is 3.11. The number of anilines is 1. The highest BCUT2D eigenvalue weighted by Crippen LogP contribution is 2.43. The highest BCUT2D eigenvalue weighted by molar-refractivity contribution is 6.03. The van der Waals surface area contributed by atoms with Crippen molar-refractivity contribution in [3.63, 3.8) is 0 Å². The summed E-state index contributed by atoms with van der Waals surface area (Å²) >= 11 is 0. The fourth-order valence-corrected chi connectivity index (χ4v) is 2.94. The topological polar surface area (TPSA) is 65.4 Å². The Kier molecular flexibility index (Phi) is 3.51. The van der Waals surface area contributed by atoms with Crippen molar-refractivity contribution in [1.29, 1.82) is 0 Å². The number of ether oxygens (including phenoxy) is 2. The molecule has 0 radical (unpaired) electrons. The van der Waals surface area contributed by atoms with Crippen molar-refractivity contribution in [3.05, 3.63) is 35.7 Å². The van der Waals surface area contributed by atoms with Gasteiger partial charge in [0, 0.05) is 23.4 Å². The summed E-state index contributed by atoms with van der Waals surface area (Å²) < 4.78 is 36.8. The van der Waals surface area contributed by atoms with Crippen molar-refractivity contribution < 1.29 is 23.0 Å². The monoisotopic (exact) mass is 363 g/mol. The maximum Gasteiger partial charge on any atom is 0.586 e. The van der Waals surface area contributed by atoms with Crippen LogP contribution in [0.2, 0.25) is 0 Å². The lowest BCUT2D eigenvalue weighted by molar-refractivity contribution is -0.286. The Hall–Kier alpha value is -2.64. The summed E-state index contributed by atoms with van der Waals surface area (Å²) in [6, 6.07) is 5.91. The fourth-order valence-electron chi connectivity index (χ4n) is 2.94. The van der Waals surface area contributed by atoms with Crippen LogP contribution in [0.15, 0.2) is 24.3 Å². The van der Waals surface area contributed by atoms with Crippen molar-refractivity contribution in [3.8, 4) is 11.5 Å². The molecule has 0 saturated heterocycles. The number of fused-ring (bicyclic) bond motifs is 1. The number of carbonyl (C=O) groups excluding carboxylic acids is 1. The molecular weight excluding hydrogens is 344 g/mol. The lowest BCUT2D eigenvalue weighted by Gasteiger charge is -2.22. The molecule has 8 heteroatoms. The molecular formula is C18H19F2N3O3. The molecule has 1 fully saturated rings. The summed E-state index contributed by atoms with van der Waals surface area (Å²) in [7, 11) is 0. The summed E-state index contributed by atoms with van der Waals surface area (Å²) in [6.07, 6.45) is -1.49. The molecule has 2 aliphatic rings. The van der Waals surface area contributed by atoms with Gasteiger partial charge in [0.15, 0.2) is 17.2 Å². The van der Waals surface area contributed by atoms with E-state index in [-0.39, 0.29) is 17.0 Å². The van der Waals surface area contributed by atoms with Crippen LogP contribution in [0.25, 0.3) is 0 Å². The third-order valence-corrected chi connectivity index (χ3v) is 4.26. The summed E-state index contributed by atoms with van der Waals surface area (Å²) in [6.45, 7) is 6.10. The summed E-state index contributed by atoms with van der Waals surface area (Å²) in [5.41, 5.74) is 1.44. The summed E-state index contributed by atoms with van der Waals surface area (Å²) in [4.78, 5) is 12.6. The Morgan fingerprint density at radius 2 is 1.92 bits per heavy atom. The number of hydrogen-bond donors (Lipinski definition) is 1. The number of carbonyl (C=O) groups is 1. The van der Waals surface area contributed by atoms with Gasteiger partial charge in [-0.3, -0.25) is 9.48 Å². The van der Waals surface area contributed by atoms with E-state index >= 15 is 0 Å². The number of benzene rings is 1. The van der Waals surface area contributed by atoms with Gasteiger partial charge in [0.1, 0.15) is 0 Å². The number of halogens is 2. The molecule has 6 nitrogen and oxygen atoms in total. The largest absolute Gasteiger partial charge is 0.586 e. The number of rotatable bonds is 3. The minimum Gasteiger partial charge on any atom is -0.395 e. The molecule has 0 spiro atoms. The molecule has 1 saturated carbocycles. The van der Waals surface area contributed by atoms with Gasteiger partial charge in [0.25, 0.3) is 5.91 Å². The van der Waals surface area contributed by atoms with Crippen LogP contribution in [0.3, 0.4) is 0 Å². The predicted molar refractivity (Wildman–Crippen MR) is 89.8 cm³/mol. The van der Waals surface area contributed by atoms with Crippen molar-refractivity contribution in [2.45, 2.75) is 51.4 Å². The van der Waals surface area contributed by atoms with Gasteiger partial charge >= 0.3 is 6.29 Å². The Morgan fingerprint density at radius 3 is 2.58 bits per heavy atom. The first kappa shape index (κ1) is 16.8. The van der Waals surface area contributed by atoms with Crippen LogP contribution >= 0.6 is 0 Å². The second-order valence-corrected chi connectivity index (χ2v) is 7.59.